The van der Waals surface area contributed by atoms with Gasteiger partial charge in [-0.3, -0.25) is 0 Å². The number of anilines is 2. The molecule has 96 valence electrons. The second-order valence-electron chi connectivity index (χ2n) is 4.11. The summed E-state index contributed by atoms with van der Waals surface area (Å²) in [6.07, 6.45) is 2.27. The average molecular weight is 237 g/mol. The Bertz CT molecular complexity index is 337. The first-order valence-corrected chi connectivity index (χ1v) is 6.18. The third-order valence-electron chi connectivity index (χ3n) is 2.82. The first kappa shape index (κ1) is 13.6. The molecule has 0 heterocycles. The highest BCUT2D eigenvalue weighted by Gasteiger charge is 2.03. The fourth-order valence-corrected chi connectivity index (χ4v) is 1.68. The molecular formula is C13H23N3O. The lowest BCUT2D eigenvalue weighted by molar-refractivity contribution is 0.304. The molecule has 0 unspecified atom stereocenters. The van der Waals surface area contributed by atoms with Gasteiger partial charge in [0.05, 0.1) is 5.69 Å². The minimum Gasteiger partial charge on any atom is -0.490 e. The molecule has 0 aliphatic rings. The Morgan fingerprint density at radius 2 is 1.94 bits per heavy atom. The Hall–Kier alpha value is -1.42. The Balaban J connectivity index is 2.33. The van der Waals surface area contributed by atoms with Crippen LogP contribution in [-0.2, 0) is 0 Å². The molecule has 0 bridgehead atoms. The fourth-order valence-electron chi connectivity index (χ4n) is 1.68. The topological polar surface area (TPSA) is 73.3 Å². The van der Waals surface area contributed by atoms with E-state index < -0.39 is 0 Å². The summed E-state index contributed by atoms with van der Waals surface area (Å²) in [4.78, 5) is 0. The van der Waals surface area contributed by atoms with Gasteiger partial charge in [0, 0.05) is 24.3 Å². The summed E-state index contributed by atoms with van der Waals surface area (Å²) in [7, 11) is 0. The maximum atomic E-state index is 5.78. The fraction of sp³-hybridized carbons (Fsp3) is 0.538. The molecule has 0 aliphatic carbocycles. The molecule has 1 rings (SSSR count). The summed E-state index contributed by atoms with van der Waals surface area (Å²) in [5.41, 5.74) is 12.7. The minimum absolute atomic E-state index is 0.566. The highest BCUT2D eigenvalue weighted by molar-refractivity contribution is 5.59. The summed E-state index contributed by atoms with van der Waals surface area (Å²) in [6, 6.07) is 5.85. The van der Waals surface area contributed by atoms with Gasteiger partial charge in [-0.2, -0.15) is 0 Å². The van der Waals surface area contributed by atoms with Crippen LogP contribution in [0.25, 0.3) is 0 Å². The molecule has 17 heavy (non-hydrogen) atoms. The lowest BCUT2D eigenvalue weighted by Gasteiger charge is -2.15. The van der Waals surface area contributed by atoms with Gasteiger partial charge in [-0.15, -0.1) is 0 Å². The smallest absolute Gasteiger partial charge is 0.144 e. The van der Waals surface area contributed by atoms with Gasteiger partial charge < -0.3 is 21.5 Å². The van der Waals surface area contributed by atoms with E-state index in [-0.39, 0.29) is 0 Å². The molecule has 1 aromatic carbocycles. The van der Waals surface area contributed by atoms with Crippen LogP contribution in [0.15, 0.2) is 18.2 Å². The van der Waals surface area contributed by atoms with Crippen LogP contribution in [0.1, 0.15) is 26.7 Å². The zero-order chi connectivity index (χ0) is 12.7. The zero-order valence-electron chi connectivity index (χ0n) is 10.7. The van der Waals surface area contributed by atoms with Crippen molar-refractivity contribution in [2.24, 2.45) is 0 Å². The molecule has 4 heteroatoms. The standard InChI is InChI=1S/C13H23N3O/c1-3-11(4-2)16-7-8-17-13-9-10(14)5-6-12(13)15/h5-6,9,11,16H,3-4,7-8,14-15H2,1-2H3. The van der Waals surface area contributed by atoms with Crippen molar-refractivity contribution in [3.8, 4) is 5.75 Å². The number of nitrogens with one attached hydrogen (secondary N) is 1. The monoisotopic (exact) mass is 237 g/mol. The molecule has 0 fully saturated rings. The summed E-state index contributed by atoms with van der Waals surface area (Å²) >= 11 is 0. The number of benzene rings is 1. The first-order valence-electron chi connectivity index (χ1n) is 6.18. The molecule has 0 saturated heterocycles. The Morgan fingerprint density at radius 3 is 2.59 bits per heavy atom. The van der Waals surface area contributed by atoms with Crippen molar-refractivity contribution < 1.29 is 4.74 Å². The summed E-state index contributed by atoms with van der Waals surface area (Å²) in [6.45, 7) is 5.78. The molecule has 0 saturated carbocycles. The number of rotatable bonds is 7. The van der Waals surface area contributed by atoms with Crippen LogP contribution >= 0.6 is 0 Å². The van der Waals surface area contributed by atoms with E-state index in [1.165, 1.54) is 0 Å². The molecule has 1 aromatic rings. The number of nitrogens with two attached hydrogens (primary N) is 2. The van der Waals surface area contributed by atoms with E-state index in [1.807, 2.05) is 0 Å². The van der Waals surface area contributed by atoms with E-state index in [9.17, 15) is 0 Å². The van der Waals surface area contributed by atoms with E-state index in [4.69, 9.17) is 16.2 Å². The van der Waals surface area contributed by atoms with E-state index in [1.54, 1.807) is 18.2 Å². The molecule has 0 radical (unpaired) electrons. The van der Waals surface area contributed by atoms with Gasteiger partial charge in [-0.1, -0.05) is 13.8 Å². The minimum atomic E-state index is 0.566. The molecular weight excluding hydrogens is 214 g/mol. The van der Waals surface area contributed by atoms with Crippen molar-refractivity contribution in [3.63, 3.8) is 0 Å². The van der Waals surface area contributed by atoms with Gasteiger partial charge in [-0.25, -0.2) is 0 Å². The second kappa shape index (κ2) is 7.01. The SMILES string of the molecule is CCC(CC)NCCOc1cc(N)ccc1N. The largest absolute Gasteiger partial charge is 0.490 e. The Kier molecular flexibility index (Phi) is 5.63. The van der Waals surface area contributed by atoms with Crippen LogP contribution in [0.2, 0.25) is 0 Å². The van der Waals surface area contributed by atoms with Gasteiger partial charge in [0.1, 0.15) is 12.4 Å². The Morgan fingerprint density at radius 1 is 1.24 bits per heavy atom. The predicted molar refractivity (Wildman–Crippen MR) is 73.1 cm³/mol. The number of nitrogen functional groups attached to an aromatic ring is 2. The van der Waals surface area contributed by atoms with Crippen LogP contribution < -0.4 is 21.5 Å². The van der Waals surface area contributed by atoms with E-state index >= 15 is 0 Å². The van der Waals surface area contributed by atoms with Crippen LogP contribution in [0, 0.1) is 0 Å². The quantitative estimate of drug-likeness (QED) is 0.501. The van der Waals surface area contributed by atoms with Crippen molar-refractivity contribution in [1.29, 1.82) is 0 Å². The van der Waals surface area contributed by atoms with Crippen LogP contribution in [-0.4, -0.2) is 19.2 Å². The van der Waals surface area contributed by atoms with Crippen molar-refractivity contribution >= 4 is 11.4 Å². The average Bonchev–Trinajstić information content (AvgIpc) is 2.33. The summed E-state index contributed by atoms with van der Waals surface area (Å²) in [5.74, 6) is 0.663. The molecule has 5 N–H and O–H groups in total. The highest BCUT2D eigenvalue weighted by atomic mass is 16.5. The van der Waals surface area contributed by atoms with Crippen molar-refractivity contribution in [1.82, 2.24) is 5.32 Å². The lowest BCUT2D eigenvalue weighted by Crippen LogP contribution is -2.31. The first-order chi connectivity index (χ1) is 8.17. The summed E-state index contributed by atoms with van der Waals surface area (Å²) < 4.78 is 5.59. The lowest BCUT2D eigenvalue weighted by atomic mass is 10.2. The number of hydrogen-bond donors (Lipinski definition) is 3. The van der Waals surface area contributed by atoms with Crippen molar-refractivity contribution in [2.75, 3.05) is 24.6 Å². The third-order valence-corrected chi connectivity index (χ3v) is 2.82. The number of ether oxygens (including phenoxy) is 1. The Labute approximate surface area is 103 Å². The third kappa shape index (κ3) is 4.53. The van der Waals surface area contributed by atoms with Gasteiger partial charge in [0.2, 0.25) is 0 Å². The van der Waals surface area contributed by atoms with Crippen molar-refractivity contribution in [3.05, 3.63) is 18.2 Å². The van der Waals surface area contributed by atoms with Gasteiger partial charge in [0.25, 0.3) is 0 Å². The van der Waals surface area contributed by atoms with E-state index in [0.717, 1.165) is 19.4 Å². The molecule has 0 aromatic heterocycles. The highest BCUT2D eigenvalue weighted by Crippen LogP contribution is 2.23. The van der Waals surface area contributed by atoms with Crippen molar-refractivity contribution in [2.45, 2.75) is 32.7 Å². The normalized spacial score (nSPS) is 10.8. The molecule has 0 aliphatic heterocycles. The summed E-state index contributed by atoms with van der Waals surface area (Å²) in [5, 5.41) is 3.43. The molecule has 4 nitrogen and oxygen atoms in total. The van der Waals surface area contributed by atoms with Gasteiger partial charge in [0.15, 0.2) is 0 Å². The maximum Gasteiger partial charge on any atom is 0.144 e. The maximum absolute atomic E-state index is 5.78. The van der Waals surface area contributed by atoms with Gasteiger partial charge in [-0.05, 0) is 25.0 Å². The zero-order valence-corrected chi connectivity index (χ0v) is 10.7. The number of hydrogen-bond acceptors (Lipinski definition) is 4. The van der Waals surface area contributed by atoms with Crippen LogP contribution in [0.3, 0.4) is 0 Å². The van der Waals surface area contributed by atoms with Gasteiger partial charge >= 0.3 is 0 Å². The predicted octanol–water partition coefficient (Wildman–Crippen LogP) is 2.01. The van der Waals surface area contributed by atoms with Crippen LogP contribution in [0.4, 0.5) is 11.4 Å². The second-order valence-corrected chi connectivity index (χ2v) is 4.11. The van der Waals surface area contributed by atoms with Crippen LogP contribution in [0.5, 0.6) is 5.75 Å². The van der Waals surface area contributed by atoms with E-state index in [0.29, 0.717) is 29.8 Å². The molecule has 0 atom stereocenters. The molecule has 0 spiro atoms. The molecule has 0 amide bonds. The van der Waals surface area contributed by atoms with E-state index in [2.05, 4.69) is 19.2 Å².